The minimum absolute atomic E-state index is 0.167. The average Bonchev–Trinajstić information content (AvgIpc) is 3.09. The van der Waals surface area contributed by atoms with E-state index in [1.54, 1.807) is 35.7 Å². The molecule has 1 fully saturated rings. The number of carbonyl (C=O) groups excluding carboxylic acids is 1. The topological polar surface area (TPSA) is 66.5 Å². The summed E-state index contributed by atoms with van der Waals surface area (Å²) in [4.78, 5) is 12.5. The number of anilines is 1. The van der Waals surface area contributed by atoms with Crippen molar-refractivity contribution in [2.45, 2.75) is 17.1 Å². The van der Waals surface area contributed by atoms with E-state index < -0.39 is 15.9 Å². The number of halogens is 2. The molecule has 25 heavy (non-hydrogen) atoms. The van der Waals surface area contributed by atoms with Crippen molar-refractivity contribution in [2.24, 2.45) is 5.92 Å². The van der Waals surface area contributed by atoms with Gasteiger partial charge in [0, 0.05) is 28.8 Å². The number of amides is 1. The van der Waals surface area contributed by atoms with E-state index in [1.807, 2.05) is 0 Å². The molecule has 1 aliphatic heterocycles. The summed E-state index contributed by atoms with van der Waals surface area (Å²) in [5, 5.41) is 5.35. The highest BCUT2D eigenvalue weighted by Crippen LogP contribution is 2.28. The van der Waals surface area contributed by atoms with Crippen molar-refractivity contribution in [3.63, 3.8) is 0 Å². The van der Waals surface area contributed by atoms with Gasteiger partial charge in [0.2, 0.25) is 5.91 Å². The van der Waals surface area contributed by atoms with E-state index >= 15 is 0 Å². The second-order valence-electron chi connectivity index (χ2n) is 5.78. The van der Waals surface area contributed by atoms with Crippen molar-refractivity contribution in [1.82, 2.24) is 4.31 Å². The van der Waals surface area contributed by atoms with Gasteiger partial charge in [0.25, 0.3) is 10.0 Å². The van der Waals surface area contributed by atoms with Crippen LogP contribution in [0, 0.1) is 5.92 Å². The molecule has 1 saturated heterocycles. The lowest BCUT2D eigenvalue weighted by atomic mass is 9.99. The Balaban J connectivity index is 1.71. The Labute approximate surface area is 160 Å². The Hall–Kier alpha value is -1.12. The van der Waals surface area contributed by atoms with Gasteiger partial charge in [-0.1, -0.05) is 29.3 Å². The lowest BCUT2D eigenvalue weighted by molar-refractivity contribution is -0.120. The molecule has 1 aliphatic rings. The maximum Gasteiger partial charge on any atom is 0.252 e. The summed E-state index contributed by atoms with van der Waals surface area (Å²) in [5.74, 6) is -0.648. The molecule has 1 atom stereocenters. The fourth-order valence-corrected chi connectivity index (χ4v) is 5.98. The molecule has 0 saturated carbocycles. The standard InChI is InChI=1S/C16H16Cl2N2O3S2/c17-12-7-13(18)9-14(8-12)19-16(21)11-3-1-5-20(10-11)25(22,23)15-4-2-6-24-15/h2,4,6-9,11H,1,3,5,10H2,(H,19,21). The molecule has 1 unspecified atom stereocenters. The van der Waals surface area contributed by atoms with Crippen LogP contribution in [-0.4, -0.2) is 31.7 Å². The maximum atomic E-state index is 12.6. The van der Waals surface area contributed by atoms with Gasteiger partial charge in [-0.2, -0.15) is 4.31 Å². The first-order valence-corrected chi connectivity index (χ1v) is 10.7. The Bertz CT molecular complexity index is 849. The number of thiophene rings is 1. The Morgan fingerprint density at radius 3 is 2.60 bits per heavy atom. The molecule has 9 heteroatoms. The van der Waals surface area contributed by atoms with Gasteiger partial charge in [0.15, 0.2) is 0 Å². The second-order valence-corrected chi connectivity index (χ2v) is 9.77. The van der Waals surface area contributed by atoms with Crippen molar-refractivity contribution in [3.05, 3.63) is 45.8 Å². The SMILES string of the molecule is O=C(Nc1cc(Cl)cc(Cl)c1)C1CCCN(S(=O)(=O)c2cccs2)C1. The van der Waals surface area contributed by atoms with Gasteiger partial charge in [-0.15, -0.1) is 11.3 Å². The highest BCUT2D eigenvalue weighted by atomic mass is 35.5. The first-order chi connectivity index (χ1) is 11.9. The van der Waals surface area contributed by atoms with Crippen molar-refractivity contribution in [3.8, 4) is 0 Å². The molecule has 134 valence electrons. The number of carbonyl (C=O) groups is 1. The summed E-state index contributed by atoms with van der Waals surface area (Å²) >= 11 is 13.1. The number of hydrogen-bond acceptors (Lipinski definition) is 4. The van der Waals surface area contributed by atoms with Gasteiger partial charge in [-0.3, -0.25) is 4.79 Å². The van der Waals surface area contributed by atoms with E-state index in [4.69, 9.17) is 23.2 Å². The molecule has 0 spiro atoms. The molecule has 1 amide bonds. The molecule has 1 aromatic carbocycles. The lowest BCUT2D eigenvalue weighted by Crippen LogP contribution is -2.43. The molecule has 2 heterocycles. The molecular weight excluding hydrogens is 403 g/mol. The number of nitrogens with one attached hydrogen (secondary N) is 1. The molecular formula is C16H16Cl2N2O3S2. The number of piperidine rings is 1. The molecule has 2 aromatic rings. The first kappa shape index (κ1) is 18.7. The Kier molecular flexibility index (Phi) is 5.70. The summed E-state index contributed by atoms with van der Waals surface area (Å²) in [7, 11) is -3.54. The van der Waals surface area contributed by atoms with Crippen LogP contribution in [0.25, 0.3) is 0 Å². The molecule has 0 radical (unpaired) electrons. The fraction of sp³-hybridized carbons (Fsp3) is 0.312. The van der Waals surface area contributed by atoms with E-state index in [9.17, 15) is 13.2 Å². The van der Waals surface area contributed by atoms with Gasteiger partial charge < -0.3 is 5.32 Å². The Morgan fingerprint density at radius 1 is 1.24 bits per heavy atom. The van der Waals surface area contributed by atoms with E-state index in [0.29, 0.717) is 39.3 Å². The van der Waals surface area contributed by atoms with Gasteiger partial charge in [-0.25, -0.2) is 8.42 Å². The van der Waals surface area contributed by atoms with Gasteiger partial charge in [0.05, 0.1) is 5.92 Å². The maximum absolute atomic E-state index is 12.6. The summed E-state index contributed by atoms with van der Waals surface area (Å²) in [5.41, 5.74) is 0.501. The third kappa shape index (κ3) is 4.35. The average molecular weight is 419 g/mol. The highest BCUT2D eigenvalue weighted by Gasteiger charge is 2.33. The van der Waals surface area contributed by atoms with Crippen molar-refractivity contribution in [2.75, 3.05) is 18.4 Å². The third-order valence-electron chi connectivity index (χ3n) is 3.97. The van der Waals surface area contributed by atoms with E-state index in [1.165, 1.54) is 15.6 Å². The van der Waals surface area contributed by atoms with Crippen LogP contribution in [0.15, 0.2) is 39.9 Å². The summed E-state index contributed by atoms with van der Waals surface area (Å²) in [6.07, 6.45) is 1.27. The van der Waals surface area contributed by atoms with Crippen LogP contribution in [0.5, 0.6) is 0 Å². The van der Waals surface area contributed by atoms with Gasteiger partial charge >= 0.3 is 0 Å². The third-order valence-corrected chi connectivity index (χ3v) is 7.65. The van der Waals surface area contributed by atoms with E-state index in [-0.39, 0.29) is 12.5 Å². The van der Waals surface area contributed by atoms with Crippen LogP contribution in [0.4, 0.5) is 5.69 Å². The zero-order chi connectivity index (χ0) is 18.0. The smallest absolute Gasteiger partial charge is 0.252 e. The molecule has 5 nitrogen and oxygen atoms in total. The molecule has 1 N–H and O–H groups in total. The molecule has 3 rings (SSSR count). The zero-order valence-corrected chi connectivity index (χ0v) is 16.3. The fourth-order valence-electron chi connectivity index (χ4n) is 2.78. The first-order valence-electron chi connectivity index (χ1n) is 7.67. The van der Waals surface area contributed by atoms with Crippen molar-refractivity contribution < 1.29 is 13.2 Å². The molecule has 0 aliphatic carbocycles. The quantitative estimate of drug-likeness (QED) is 0.812. The van der Waals surface area contributed by atoms with Crippen LogP contribution in [-0.2, 0) is 14.8 Å². The number of rotatable bonds is 4. The van der Waals surface area contributed by atoms with E-state index in [2.05, 4.69) is 5.32 Å². The predicted octanol–water partition coefficient (Wildman–Crippen LogP) is 4.09. The Morgan fingerprint density at radius 2 is 1.96 bits per heavy atom. The number of sulfonamides is 1. The molecule has 1 aromatic heterocycles. The van der Waals surface area contributed by atoms with Crippen LogP contribution < -0.4 is 5.32 Å². The second kappa shape index (κ2) is 7.63. The van der Waals surface area contributed by atoms with Gasteiger partial charge in [0.1, 0.15) is 4.21 Å². The minimum Gasteiger partial charge on any atom is -0.326 e. The van der Waals surface area contributed by atoms with E-state index in [0.717, 1.165) is 0 Å². The monoisotopic (exact) mass is 418 g/mol. The molecule has 0 bridgehead atoms. The van der Waals surface area contributed by atoms with Crippen molar-refractivity contribution in [1.29, 1.82) is 0 Å². The highest BCUT2D eigenvalue weighted by molar-refractivity contribution is 7.91. The minimum atomic E-state index is -3.54. The van der Waals surface area contributed by atoms with Crippen molar-refractivity contribution >= 4 is 56.2 Å². The van der Waals surface area contributed by atoms with Crippen LogP contribution in [0.1, 0.15) is 12.8 Å². The summed E-state index contributed by atoms with van der Waals surface area (Å²) < 4.78 is 27.0. The predicted molar refractivity (Wildman–Crippen MR) is 101 cm³/mol. The zero-order valence-electron chi connectivity index (χ0n) is 13.1. The van der Waals surface area contributed by atoms with Crippen LogP contribution in [0.2, 0.25) is 10.0 Å². The normalized spacial score (nSPS) is 18.9. The largest absolute Gasteiger partial charge is 0.326 e. The summed E-state index contributed by atoms with van der Waals surface area (Å²) in [6.45, 7) is 0.591. The number of hydrogen-bond donors (Lipinski definition) is 1. The summed E-state index contributed by atoms with van der Waals surface area (Å²) in [6, 6.07) is 8.07. The van der Waals surface area contributed by atoms with Crippen LogP contribution >= 0.6 is 34.5 Å². The van der Waals surface area contributed by atoms with Crippen LogP contribution in [0.3, 0.4) is 0 Å². The van der Waals surface area contributed by atoms with Gasteiger partial charge in [-0.05, 0) is 42.5 Å². The number of benzene rings is 1. The lowest BCUT2D eigenvalue weighted by Gasteiger charge is -2.30. The number of nitrogens with zero attached hydrogens (tertiary/aromatic N) is 1.